The third kappa shape index (κ3) is 3.37. The van der Waals surface area contributed by atoms with Gasteiger partial charge in [0.05, 0.1) is 5.69 Å². The fraction of sp³-hybridized carbons (Fsp3) is 0.600. The molecule has 0 radical (unpaired) electrons. The normalized spacial score (nSPS) is 10.6. The maximum Gasteiger partial charge on any atom is 0.216 e. The van der Waals surface area contributed by atoms with Gasteiger partial charge in [0.15, 0.2) is 5.01 Å². The minimum Gasteiger partial charge on any atom is -0.373 e. The van der Waals surface area contributed by atoms with Crippen LogP contribution in [0.5, 0.6) is 0 Å². The van der Waals surface area contributed by atoms with E-state index in [4.69, 9.17) is 10.5 Å². The SMILES string of the molecule is CCOCC(=O)c1nc(C)c(CCN)s1. The molecule has 0 bridgehead atoms. The highest BCUT2D eigenvalue weighted by Gasteiger charge is 2.13. The second-order valence-electron chi connectivity index (χ2n) is 3.13. The number of carbonyl (C=O) groups excluding carboxylic acids is 1. The number of nitrogens with two attached hydrogens (primary N) is 1. The van der Waals surface area contributed by atoms with Gasteiger partial charge in [-0.2, -0.15) is 0 Å². The van der Waals surface area contributed by atoms with Gasteiger partial charge in [-0.15, -0.1) is 11.3 Å². The first-order valence-corrected chi connectivity index (χ1v) is 5.78. The number of ether oxygens (including phenoxy) is 1. The molecular formula is C10H16N2O2S. The Balaban J connectivity index is 2.69. The van der Waals surface area contributed by atoms with Crippen LogP contribution in [-0.4, -0.2) is 30.5 Å². The highest BCUT2D eigenvalue weighted by Crippen LogP contribution is 2.18. The maximum absolute atomic E-state index is 11.6. The van der Waals surface area contributed by atoms with Gasteiger partial charge in [-0.1, -0.05) is 0 Å². The van der Waals surface area contributed by atoms with Crippen LogP contribution in [0, 0.1) is 6.92 Å². The van der Waals surface area contributed by atoms with Gasteiger partial charge < -0.3 is 10.5 Å². The number of carbonyl (C=O) groups is 1. The summed E-state index contributed by atoms with van der Waals surface area (Å²) < 4.78 is 5.05. The molecule has 0 fully saturated rings. The van der Waals surface area contributed by atoms with Crippen LogP contribution in [-0.2, 0) is 11.2 Å². The molecule has 0 aliphatic carbocycles. The number of aryl methyl sites for hydroxylation is 1. The summed E-state index contributed by atoms with van der Waals surface area (Å²) in [5.74, 6) is -0.0479. The smallest absolute Gasteiger partial charge is 0.216 e. The number of thiazole rings is 1. The Morgan fingerprint density at radius 2 is 2.33 bits per heavy atom. The number of aromatic nitrogens is 1. The van der Waals surface area contributed by atoms with Gasteiger partial charge in [0.1, 0.15) is 6.61 Å². The van der Waals surface area contributed by atoms with E-state index in [1.54, 1.807) is 0 Å². The Labute approximate surface area is 93.5 Å². The Bertz CT molecular complexity index is 336. The summed E-state index contributed by atoms with van der Waals surface area (Å²) in [7, 11) is 0. The average molecular weight is 228 g/mol. The van der Waals surface area contributed by atoms with Crippen LogP contribution in [0.1, 0.15) is 27.3 Å². The minimum absolute atomic E-state index is 0.0479. The van der Waals surface area contributed by atoms with E-state index >= 15 is 0 Å². The Morgan fingerprint density at radius 3 is 2.93 bits per heavy atom. The van der Waals surface area contributed by atoms with Gasteiger partial charge in [-0.05, 0) is 26.8 Å². The van der Waals surface area contributed by atoms with Gasteiger partial charge in [0, 0.05) is 11.5 Å². The van der Waals surface area contributed by atoms with Gasteiger partial charge in [-0.25, -0.2) is 4.98 Å². The zero-order chi connectivity index (χ0) is 11.3. The second-order valence-corrected chi connectivity index (χ2v) is 4.21. The van der Waals surface area contributed by atoms with Crippen LogP contribution < -0.4 is 5.73 Å². The van der Waals surface area contributed by atoms with Crippen LogP contribution in [0.3, 0.4) is 0 Å². The highest BCUT2D eigenvalue weighted by atomic mass is 32.1. The standard InChI is InChI=1S/C10H16N2O2S/c1-3-14-6-8(13)10-12-7(2)9(15-10)4-5-11/h3-6,11H2,1-2H3. The van der Waals surface area contributed by atoms with Crippen LogP contribution in [0.2, 0.25) is 0 Å². The minimum atomic E-state index is -0.0479. The molecule has 0 unspecified atom stereocenters. The summed E-state index contributed by atoms with van der Waals surface area (Å²) in [5, 5.41) is 0.532. The molecule has 0 spiro atoms. The van der Waals surface area contributed by atoms with Crippen molar-refractivity contribution in [2.75, 3.05) is 19.8 Å². The molecule has 0 aliphatic heterocycles. The number of Topliss-reactive ketones (excluding diaryl/α,β-unsaturated/α-hetero) is 1. The fourth-order valence-electron chi connectivity index (χ4n) is 1.17. The molecule has 2 N–H and O–H groups in total. The zero-order valence-electron chi connectivity index (χ0n) is 9.08. The van der Waals surface area contributed by atoms with E-state index in [1.807, 2.05) is 13.8 Å². The van der Waals surface area contributed by atoms with Gasteiger partial charge in [0.25, 0.3) is 0 Å². The van der Waals surface area contributed by atoms with E-state index < -0.39 is 0 Å². The molecule has 1 heterocycles. The van der Waals surface area contributed by atoms with Crippen molar-refractivity contribution in [1.82, 2.24) is 4.98 Å². The molecule has 0 aliphatic rings. The van der Waals surface area contributed by atoms with E-state index in [2.05, 4.69) is 4.98 Å². The van der Waals surface area contributed by atoms with Crippen molar-refractivity contribution in [1.29, 1.82) is 0 Å². The quantitative estimate of drug-likeness (QED) is 0.742. The third-order valence-corrected chi connectivity index (χ3v) is 3.20. The predicted octanol–water partition coefficient (Wildman–Crippen LogP) is 1.17. The first kappa shape index (κ1) is 12.3. The van der Waals surface area contributed by atoms with Crippen molar-refractivity contribution in [3.8, 4) is 0 Å². The van der Waals surface area contributed by atoms with E-state index in [1.165, 1.54) is 11.3 Å². The molecule has 0 atom stereocenters. The Kier molecular flexibility index (Phi) is 4.87. The van der Waals surface area contributed by atoms with Crippen molar-refractivity contribution in [2.45, 2.75) is 20.3 Å². The largest absolute Gasteiger partial charge is 0.373 e. The second kappa shape index (κ2) is 5.95. The van der Waals surface area contributed by atoms with Crippen LogP contribution in [0.4, 0.5) is 0 Å². The van der Waals surface area contributed by atoms with Crippen LogP contribution in [0.25, 0.3) is 0 Å². The number of hydrogen-bond acceptors (Lipinski definition) is 5. The molecule has 5 heteroatoms. The third-order valence-electron chi connectivity index (χ3n) is 1.94. The number of hydrogen-bond donors (Lipinski definition) is 1. The Hall–Kier alpha value is -0.780. The molecule has 1 rings (SSSR count). The first-order chi connectivity index (χ1) is 7.19. The molecule has 0 saturated carbocycles. The van der Waals surface area contributed by atoms with Crippen molar-refractivity contribution >= 4 is 17.1 Å². The molecule has 1 aromatic heterocycles. The maximum atomic E-state index is 11.6. The summed E-state index contributed by atoms with van der Waals surface area (Å²) in [5.41, 5.74) is 6.37. The zero-order valence-corrected chi connectivity index (χ0v) is 9.89. The summed E-state index contributed by atoms with van der Waals surface area (Å²) in [6.07, 6.45) is 0.783. The van der Waals surface area contributed by atoms with Gasteiger partial charge in [-0.3, -0.25) is 4.79 Å². The summed E-state index contributed by atoms with van der Waals surface area (Å²) in [6.45, 7) is 5.01. The monoisotopic (exact) mass is 228 g/mol. The average Bonchev–Trinajstić information content (AvgIpc) is 2.58. The van der Waals surface area contributed by atoms with Crippen molar-refractivity contribution in [2.24, 2.45) is 5.73 Å². The summed E-state index contributed by atoms with van der Waals surface area (Å²) in [6, 6.07) is 0. The molecule has 15 heavy (non-hydrogen) atoms. The van der Waals surface area contributed by atoms with Crippen molar-refractivity contribution < 1.29 is 9.53 Å². The Morgan fingerprint density at radius 1 is 1.60 bits per heavy atom. The molecule has 84 valence electrons. The van der Waals surface area contributed by atoms with Gasteiger partial charge >= 0.3 is 0 Å². The first-order valence-electron chi connectivity index (χ1n) is 4.96. The van der Waals surface area contributed by atoms with E-state index in [9.17, 15) is 4.79 Å². The topological polar surface area (TPSA) is 65.2 Å². The lowest BCUT2D eigenvalue weighted by atomic mass is 10.3. The fourth-order valence-corrected chi connectivity index (χ4v) is 2.17. The highest BCUT2D eigenvalue weighted by molar-refractivity contribution is 7.13. The van der Waals surface area contributed by atoms with Crippen molar-refractivity contribution in [3.63, 3.8) is 0 Å². The lowest BCUT2D eigenvalue weighted by molar-refractivity contribution is 0.0783. The van der Waals surface area contributed by atoms with Crippen LogP contribution in [0.15, 0.2) is 0 Å². The van der Waals surface area contributed by atoms with E-state index in [-0.39, 0.29) is 12.4 Å². The number of ketones is 1. The molecule has 1 aromatic rings. The number of rotatable bonds is 6. The molecule has 0 aromatic carbocycles. The summed E-state index contributed by atoms with van der Waals surface area (Å²) in [4.78, 5) is 16.9. The van der Waals surface area contributed by atoms with Crippen LogP contribution >= 0.6 is 11.3 Å². The molecule has 4 nitrogen and oxygen atoms in total. The predicted molar refractivity (Wildman–Crippen MR) is 60.4 cm³/mol. The lowest BCUT2D eigenvalue weighted by Gasteiger charge is -1.95. The number of nitrogens with zero attached hydrogens (tertiary/aromatic N) is 1. The van der Waals surface area contributed by atoms with E-state index in [0.29, 0.717) is 18.2 Å². The summed E-state index contributed by atoms with van der Waals surface area (Å²) >= 11 is 1.42. The molecule has 0 amide bonds. The van der Waals surface area contributed by atoms with Crippen molar-refractivity contribution in [3.05, 3.63) is 15.6 Å². The van der Waals surface area contributed by atoms with E-state index in [0.717, 1.165) is 17.0 Å². The molecular weight excluding hydrogens is 212 g/mol. The lowest BCUT2D eigenvalue weighted by Crippen LogP contribution is -2.08. The van der Waals surface area contributed by atoms with Gasteiger partial charge in [0.2, 0.25) is 5.78 Å². The molecule has 0 saturated heterocycles.